The lowest BCUT2D eigenvalue weighted by Gasteiger charge is -2.26. The Balaban J connectivity index is 2.68. The molecule has 0 aliphatic heterocycles. The third-order valence-corrected chi connectivity index (χ3v) is 2.65. The van der Waals surface area contributed by atoms with Crippen molar-refractivity contribution < 1.29 is 4.79 Å². The molecule has 0 bridgehead atoms. The maximum atomic E-state index is 12.2. The molecule has 0 radical (unpaired) electrons. The summed E-state index contributed by atoms with van der Waals surface area (Å²) in [6, 6.07) is 10.0. The van der Waals surface area contributed by atoms with Crippen LogP contribution < -0.4 is 5.73 Å². The van der Waals surface area contributed by atoms with Crippen LogP contribution >= 0.6 is 0 Å². The molecule has 0 aliphatic rings. The number of rotatable bonds is 5. The van der Waals surface area contributed by atoms with E-state index >= 15 is 0 Å². The fourth-order valence-corrected chi connectivity index (χ4v) is 1.82. The summed E-state index contributed by atoms with van der Waals surface area (Å²) in [5.41, 5.74) is 6.75. The maximum absolute atomic E-state index is 12.2. The van der Waals surface area contributed by atoms with E-state index in [4.69, 9.17) is 5.73 Å². The molecule has 2 N–H and O–H groups in total. The summed E-state index contributed by atoms with van der Waals surface area (Å²) in [6.07, 6.45) is 0.555. The average molecular weight is 248 g/mol. The molecule has 1 rings (SSSR count). The van der Waals surface area contributed by atoms with Crippen molar-refractivity contribution in [3.8, 4) is 0 Å². The molecule has 0 aromatic heterocycles. The van der Waals surface area contributed by atoms with Crippen LogP contribution in [0.4, 0.5) is 0 Å². The predicted octanol–water partition coefficient (Wildman–Crippen LogP) is 2.41. The zero-order chi connectivity index (χ0) is 13.6. The predicted molar refractivity (Wildman–Crippen MR) is 75.0 cm³/mol. The van der Waals surface area contributed by atoms with E-state index in [1.165, 1.54) is 0 Å². The van der Waals surface area contributed by atoms with Gasteiger partial charge in [0.25, 0.3) is 0 Å². The first-order chi connectivity index (χ1) is 8.42. The molecule has 0 aliphatic carbocycles. The first kappa shape index (κ1) is 14.7. The van der Waals surface area contributed by atoms with Gasteiger partial charge in [-0.05, 0) is 11.0 Å². The average Bonchev–Trinajstić information content (AvgIpc) is 2.27. The van der Waals surface area contributed by atoms with Gasteiger partial charge in [-0.15, -0.1) is 0 Å². The molecule has 3 heteroatoms. The number of carbonyl (C=O) groups excluding carboxylic acids is 1. The van der Waals surface area contributed by atoms with Crippen molar-refractivity contribution in [1.29, 1.82) is 0 Å². The van der Waals surface area contributed by atoms with Crippen molar-refractivity contribution in [3.63, 3.8) is 0 Å². The number of benzene rings is 1. The molecule has 3 nitrogen and oxygen atoms in total. The fraction of sp³-hybridized carbons (Fsp3) is 0.533. The number of hydrogen-bond acceptors (Lipinski definition) is 2. The van der Waals surface area contributed by atoms with Crippen molar-refractivity contribution >= 4 is 5.91 Å². The maximum Gasteiger partial charge on any atom is 0.223 e. The third kappa shape index (κ3) is 5.32. The van der Waals surface area contributed by atoms with Gasteiger partial charge >= 0.3 is 0 Å². The Bertz CT molecular complexity index is 368. The minimum atomic E-state index is 0.0145. The molecule has 0 atom stereocenters. The zero-order valence-electron chi connectivity index (χ0n) is 11.6. The van der Waals surface area contributed by atoms with Crippen LogP contribution in [-0.4, -0.2) is 23.9 Å². The molecule has 0 fully saturated rings. The van der Waals surface area contributed by atoms with Gasteiger partial charge in [0, 0.05) is 26.1 Å². The lowest BCUT2D eigenvalue weighted by atomic mass is 9.91. The van der Waals surface area contributed by atoms with Crippen molar-refractivity contribution in [3.05, 3.63) is 35.9 Å². The standard InChI is InChI=1S/C15H24N2O/c1-15(2,3)11-14(18)17(10-9-16)12-13-7-5-4-6-8-13/h4-8H,9-12,16H2,1-3H3. The lowest BCUT2D eigenvalue weighted by Crippen LogP contribution is -2.36. The molecule has 0 heterocycles. The molecule has 1 aromatic carbocycles. The second-order valence-corrected chi connectivity index (χ2v) is 5.83. The Morgan fingerprint density at radius 2 is 1.83 bits per heavy atom. The van der Waals surface area contributed by atoms with Crippen LogP contribution in [0.15, 0.2) is 30.3 Å². The molecule has 0 saturated heterocycles. The van der Waals surface area contributed by atoms with Gasteiger partial charge in [-0.3, -0.25) is 4.79 Å². The summed E-state index contributed by atoms with van der Waals surface area (Å²) < 4.78 is 0. The van der Waals surface area contributed by atoms with E-state index in [-0.39, 0.29) is 11.3 Å². The highest BCUT2D eigenvalue weighted by molar-refractivity contribution is 5.76. The Hall–Kier alpha value is -1.35. The van der Waals surface area contributed by atoms with Gasteiger partial charge in [0.1, 0.15) is 0 Å². The summed E-state index contributed by atoms with van der Waals surface area (Å²) in [6.45, 7) is 8.00. The fourth-order valence-electron chi connectivity index (χ4n) is 1.82. The Morgan fingerprint density at radius 1 is 1.22 bits per heavy atom. The quantitative estimate of drug-likeness (QED) is 0.869. The van der Waals surface area contributed by atoms with Crippen molar-refractivity contribution in [2.45, 2.75) is 33.7 Å². The highest BCUT2D eigenvalue weighted by Gasteiger charge is 2.20. The van der Waals surface area contributed by atoms with Crippen LogP contribution in [-0.2, 0) is 11.3 Å². The first-order valence-corrected chi connectivity index (χ1v) is 6.44. The number of nitrogens with two attached hydrogens (primary N) is 1. The van der Waals surface area contributed by atoms with Crippen LogP contribution in [0.2, 0.25) is 0 Å². The lowest BCUT2D eigenvalue weighted by molar-refractivity contribution is -0.133. The molecule has 0 unspecified atom stereocenters. The van der Waals surface area contributed by atoms with E-state index < -0.39 is 0 Å². The summed E-state index contributed by atoms with van der Waals surface area (Å²) in [5, 5.41) is 0. The number of nitrogens with zero attached hydrogens (tertiary/aromatic N) is 1. The smallest absolute Gasteiger partial charge is 0.223 e. The van der Waals surface area contributed by atoms with Crippen LogP contribution in [0.1, 0.15) is 32.8 Å². The molecule has 100 valence electrons. The van der Waals surface area contributed by atoms with Gasteiger partial charge in [0.2, 0.25) is 5.91 Å². The molecular weight excluding hydrogens is 224 g/mol. The monoisotopic (exact) mass is 248 g/mol. The van der Waals surface area contributed by atoms with E-state index in [1.54, 1.807) is 0 Å². The topological polar surface area (TPSA) is 46.3 Å². The Labute approximate surface area is 110 Å². The molecular formula is C15H24N2O. The summed E-state index contributed by atoms with van der Waals surface area (Å²) >= 11 is 0. The highest BCUT2D eigenvalue weighted by atomic mass is 16.2. The molecule has 0 saturated carbocycles. The van der Waals surface area contributed by atoms with Crippen LogP contribution in [0.25, 0.3) is 0 Å². The number of carbonyl (C=O) groups is 1. The van der Waals surface area contributed by atoms with Gasteiger partial charge in [-0.25, -0.2) is 0 Å². The van der Waals surface area contributed by atoms with Gasteiger partial charge in [0.15, 0.2) is 0 Å². The van der Waals surface area contributed by atoms with E-state index in [0.717, 1.165) is 5.56 Å². The molecule has 18 heavy (non-hydrogen) atoms. The zero-order valence-corrected chi connectivity index (χ0v) is 11.6. The number of amides is 1. The largest absolute Gasteiger partial charge is 0.337 e. The van der Waals surface area contributed by atoms with E-state index in [0.29, 0.717) is 26.1 Å². The second-order valence-electron chi connectivity index (χ2n) is 5.83. The van der Waals surface area contributed by atoms with Crippen LogP contribution in [0, 0.1) is 5.41 Å². The van der Waals surface area contributed by atoms with Crippen LogP contribution in [0.5, 0.6) is 0 Å². The normalized spacial score (nSPS) is 11.3. The third-order valence-electron chi connectivity index (χ3n) is 2.65. The van der Waals surface area contributed by atoms with E-state index in [1.807, 2.05) is 35.2 Å². The number of hydrogen-bond donors (Lipinski definition) is 1. The minimum Gasteiger partial charge on any atom is -0.337 e. The van der Waals surface area contributed by atoms with Crippen LogP contribution in [0.3, 0.4) is 0 Å². The van der Waals surface area contributed by atoms with Gasteiger partial charge in [0.05, 0.1) is 0 Å². The molecule has 0 spiro atoms. The molecule has 1 aromatic rings. The Morgan fingerprint density at radius 3 is 2.33 bits per heavy atom. The van der Waals surface area contributed by atoms with Gasteiger partial charge in [-0.2, -0.15) is 0 Å². The van der Waals surface area contributed by atoms with E-state index in [2.05, 4.69) is 20.8 Å². The van der Waals surface area contributed by atoms with Crippen molar-refractivity contribution in [2.24, 2.45) is 11.1 Å². The first-order valence-electron chi connectivity index (χ1n) is 6.44. The van der Waals surface area contributed by atoms with Gasteiger partial charge in [-0.1, -0.05) is 51.1 Å². The van der Waals surface area contributed by atoms with Crippen molar-refractivity contribution in [2.75, 3.05) is 13.1 Å². The Kier molecular flexibility index (Phi) is 5.35. The molecule has 1 amide bonds. The summed E-state index contributed by atoms with van der Waals surface area (Å²) in [5.74, 6) is 0.178. The SMILES string of the molecule is CC(C)(C)CC(=O)N(CCN)Cc1ccccc1. The highest BCUT2D eigenvalue weighted by Crippen LogP contribution is 2.20. The van der Waals surface area contributed by atoms with Crippen molar-refractivity contribution in [1.82, 2.24) is 4.90 Å². The summed E-state index contributed by atoms with van der Waals surface area (Å²) in [4.78, 5) is 14.1. The minimum absolute atomic E-state index is 0.0145. The second kappa shape index (κ2) is 6.55. The van der Waals surface area contributed by atoms with Gasteiger partial charge < -0.3 is 10.6 Å². The summed E-state index contributed by atoms with van der Waals surface area (Å²) in [7, 11) is 0. The van der Waals surface area contributed by atoms with E-state index in [9.17, 15) is 4.79 Å².